The standard InChI is InChI=1S/C14H14BFO4/c1-19-13-4-2-3-5-14(13)20-9-10-6-7-11(16)8-12(10)15(17)18/h2-8,17-18H,9H2,1H3. The molecule has 0 radical (unpaired) electrons. The highest BCUT2D eigenvalue weighted by Crippen LogP contribution is 2.26. The van der Waals surface area contributed by atoms with Crippen molar-refractivity contribution in [2.75, 3.05) is 7.11 Å². The van der Waals surface area contributed by atoms with E-state index in [0.29, 0.717) is 17.1 Å². The Balaban J connectivity index is 2.19. The highest BCUT2D eigenvalue weighted by molar-refractivity contribution is 6.59. The van der Waals surface area contributed by atoms with Crippen molar-refractivity contribution in [3.63, 3.8) is 0 Å². The summed E-state index contributed by atoms with van der Waals surface area (Å²) in [6.07, 6.45) is 0. The van der Waals surface area contributed by atoms with Crippen LogP contribution in [0.2, 0.25) is 0 Å². The third kappa shape index (κ3) is 3.29. The minimum Gasteiger partial charge on any atom is -0.493 e. The van der Waals surface area contributed by atoms with Crippen molar-refractivity contribution >= 4 is 12.6 Å². The van der Waals surface area contributed by atoms with E-state index in [9.17, 15) is 14.4 Å². The number of halogens is 1. The van der Waals surface area contributed by atoms with E-state index in [0.717, 1.165) is 6.07 Å². The first kappa shape index (κ1) is 14.4. The van der Waals surface area contributed by atoms with Crippen LogP contribution in [0, 0.1) is 5.82 Å². The van der Waals surface area contributed by atoms with Crippen LogP contribution in [0.15, 0.2) is 42.5 Å². The maximum absolute atomic E-state index is 13.1. The second-order valence-corrected chi connectivity index (χ2v) is 4.16. The van der Waals surface area contributed by atoms with Gasteiger partial charge in [-0.2, -0.15) is 0 Å². The van der Waals surface area contributed by atoms with Crippen molar-refractivity contribution in [3.8, 4) is 11.5 Å². The number of ether oxygens (including phenoxy) is 2. The van der Waals surface area contributed by atoms with Gasteiger partial charge in [-0.1, -0.05) is 18.2 Å². The van der Waals surface area contributed by atoms with E-state index >= 15 is 0 Å². The van der Waals surface area contributed by atoms with Crippen molar-refractivity contribution < 1.29 is 23.9 Å². The number of rotatable bonds is 5. The van der Waals surface area contributed by atoms with Gasteiger partial charge in [-0.15, -0.1) is 0 Å². The summed E-state index contributed by atoms with van der Waals surface area (Å²) < 4.78 is 23.8. The second-order valence-electron chi connectivity index (χ2n) is 4.16. The zero-order valence-corrected chi connectivity index (χ0v) is 10.9. The predicted molar refractivity (Wildman–Crippen MR) is 73.6 cm³/mol. The van der Waals surface area contributed by atoms with Gasteiger partial charge in [0.15, 0.2) is 11.5 Å². The first-order valence-electron chi connectivity index (χ1n) is 6.02. The van der Waals surface area contributed by atoms with E-state index in [4.69, 9.17) is 9.47 Å². The summed E-state index contributed by atoms with van der Waals surface area (Å²) in [5.41, 5.74) is 0.576. The Kier molecular flexibility index (Phi) is 4.60. The van der Waals surface area contributed by atoms with E-state index in [1.54, 1.807) is 18.2 Å². The minimum atomic E-state index is -1.75. The number of methoxy groups -OCH3 is 1. The van der Waals surface area contributed by atoms with Crippen molar-refractivity contribution in [2.45, 2.75) is 6.61 Å². The van der Waals surface area contributed by atoms with Crippen molar-refractivity contribution in [2.24, 2.45) is 0 Å². The van der Waals surface area contributed by atoms with Gasteiger partial charge in [-0.3, -0.25) is 0 Å². The van der Waals surface area contributed by atoms with E-state index < -0.39 is 12.9 Å². The lowest BCUT2D eigenvalue weighted by Crippen LogP contribution is -2.34. The number of hydrogen-bond acceptors (Lipinski definition) is 4. The number of benzene rings is 2. The van der Waals surface area contributed by atoms with Gasteiger partial charge in [0.1, 0.15) is 12.4 Å². The normalized spacial score (nSPS) is 10.2. The van der Waals surface area contributed by atoms with E-state index in [-0.39, 0.29) is 12.1 Å². The molecule has 0 aliphatic carbocycles. The highest BCUT2D eigenvalue weighted by Gasteiger charge is 2.17. The van der Waals surface area contributed by atoms with Gasteiger partial charge >= 0.3 is 7.12 Å². The quantitative estimate of drug-likeness (QED) is 0.803. The summed E-state index contributed by atoms with van der Waals surface area (Å²) >= 11 is 0. The van der Waals surface area contributed by atoms with Crippen LogP contribution in [0.1, 0.15) is 5.56 Å². The fraction of sp³-hybridized carbons (Fsp3) is 0.143. The van der Waals surface area contributed by atoms with Gasteiger partial charge in [0.2, 0.25) is 0 Å². The molecule has 0 heterocycles. The SMILES string of the molecule is COc1ccccc1OCc1ccc(F)cc1B(O)O. The lowest BCUT2D eigenvalue weighted by Gasteiger charge is -2.13. The Morgan fingerprint density at radius 1 is 1.10 bits per heavy atom. The fourth-order valence-electron chi connectivity index (χ4n) is 1.83. The molecule has 0 fully saturated rings. The lowest BCUT2D eigenvalue weighted by atomic mass is 9.77. The molecule has 0 amide bonds. The average molecular weight is 276 g/mol. The summed E-state index contributed by atoms with van der Waals surface area (Å²) in [4.78, 5) is 0. The van der Waals surface area contributed by atoms with Crippen LogP contribution in [-0.2, 0) is 6.61 Å². The molecule has 2 N–H and O–H groups in total. The molecular weight excluding hydrogens is 262 g/mol. The van der Waals surface area contributed by atoms with Crippen molar-refractivity contribution in [1.82, 2.24) is 0 Å². The molecule has 0 bridgehead atoms. The maximum atomic E-state index is 13.1. The number of hydrogen-bond donors (Lipinski definition) is 2. The van der Waals surface area contributed by atoms with Gasteiger partial charge < -0.3 is 19.5 Å². The summed E-state index contributed by atoms with van der Waals surface area (Å²) in [7, 11) is -0.217. The molecule has 4 nitrogen and oxygen atoms in total. The van der Waals surface area contributed by atoms with Crippen LogP contribution < -0.4 is 14.9 Å². The molecule has 0 aliphatic heterocycles. The molecule has 104 valence electrons. The lowest BCUT2D eigenvalue weighted by molar-refractivity contribution is 0.284. The molecule has 0 unspecified atom stereocenters. The molecule has 2 aromatic rings. The fourth-order valence-corrected chi connectivity index (χ4v) is 1.83. The molecule has 2 aromatic carbocycles. The topological polar surface area (TPSA) is 58.9 Å². The van der Waals surface area contributed by atoms with Crippen molar-refractivity contribution in [3.05, 3.63) is 53.8 Å². The molecule has 2 rings (SSSR count). The van der Waals surface area contributed by atoms with E-state index in [1.807, 2.05) is 6.07 Å². The highest BCUT2D eigenvalue weighted by atomic mass is 19.1. The molecule has 6 heteroatoms. The average Bonchev–Trinajstić information content (AvgIpc) is 2.46. The first-order valence-corrected chi connectivity index (χ1v) is 6.02. The van der Waals surface area contributed by atoms with Crippen LogP contribution in [0.4, 0.5) is 4.39 Å². The zero-order chi connectivity index (χ0) is 14.5. The van der Waals surface area contributed by atoms with Gasteiger partial charge in [-0.05, 0) is 35.3 Å². The van der Waals surface area contributed by atoms with Crippen LogP contribution in [0.5, 0.6) is 11.5 Å². The largest absolute Gasteiger partial charge is 0.493 e. The van der Waals surface area contributed by atoms with Gasteiger partial charge in [0, 0.05) is 0 Å². The van der Waals surface area contributed by atoms with E-state index in [2.05, 4.69) is 0 Å². The van der Waals surface area contributed by atoms with Crippen LogP contribution in [0.25, 0.3) is 0 Å². The summed E-state index contributed by atoms with van der Waals surface area (Å²) in [6, 6.07) is 10.9. The Morgan fingerprint density at radius 3 is 2.45 bits per heavy atom. The Labute approximate surface area is 116 Å². The molecule has 0 saturated heterocycles. The zero-order valence-electron chi connectivity index (χ0n) is 10.9. The summed E-state index contributed by atoms with van der Waals surface area (Å²) in [5, 5.41) is 18.5. The van der Waals surface area contributed by atoms with Crippen LogP contribution in [0.3, 0.4) is 0 Å². The summed E-state index contributed by atoms with van der Waals surface area (Å²) in [5.74, 6) is 0.563. The smallest absolute Gasteiger partial charge is 0.488 e. The van der Waals surface area contributed by atoms with Gasteiger partial charge in [-0.25, -0.2) is 4.39 Å². The Morgan fingerprint density at radius 2 is 1.80 bits per heavy atom. The monoisotopic (exact) mass is 276 g/mol. The molecule has 20 heavy (non-hydrogen) atoms. The Bertz CT molecular complexity index is 589. The van der Waals surface area contributed by atoms with Crippen LogP contribution in [-0.4, -0.2) is 24.3 Å². The molecular formula is C14H14BFO4. The predicted octanol–water partition coefficient (Wildman–Crippen LogP) is 1.09. The third-order valence-electron chi connectivity index (χ3n) is 2.84. The second kappa shape index (κ2) is 6.41. The first-order chi connectivity index (χ1) is 9.61. The maximum Gasteiger partial charge on any atom is 0.488 e. The Hall–Kier alpha value is -2.05. The molecule has 0 aliphatic rings. The van der Waals surface area contributed by atoms with Gasteiger partial charge in [0.25, 0.3) is 0 Å². The van der Waals surface area contributed by atoms with Crippen LogP contribution >= 0.6 is 0 Å². The van der Waals surface area contributed by atoms with Crippen molar-refractivity contribution in [1.29, 1.82) is 0 Å². The molecule has 0 saturated carbocycles. The molecule has 0 spiro atoms. The third-order valence-corrected chi connectivity index (χ3v) is 2.84. The number of para-hydroxylation sites is 2. The molecule has 0 aromatic heterocycles. The van der Waals surface area contributed by atoms with E-state index in [1.165, 1.54) is 19.2 Å². The van der Waals surface area contributed by atoms with Gasteiger partial charge in [0.05, 0.1) is 7.11 Å². The minimum absolute atomic E-state index is 0.0770. The molecule has 0 atom stereocenters. The summed E-state index contributed by atoms with van der Waals surface area (Å²) in [6.45, 7) is 0.0770.